The van der Waals surface area contributed by atoms with Crippen molar-refractivity contribution >= 4 is 40.4 Å². The molecule has 0 spiro atoms. The molecule has 2 aliphatic rings. The lowest BCUT2D eigenvalue weighted by atomic mass is 9.82. The molecule has 37 heavy (non-hydrogen) atoms. The van der Waals surface area contributed by atoms with Gasteiger partial charge in [0.1, 0.15) is 4.88 Å². The molecular formula is C29H35N3O4S. The van der Waals surface area contributed by atoms with Gasteiger partial charge in [0, 0.05) is 28.7 Å². The molecule has 0 radical (unpaired) electrons. The Morgan fingerprint density at radius 2 is 1.92 bits per heavy atom. The van der Waals surface area contributed by atoms with Crippen molar-refractivity contribution in [3.63, 3.8) is 0 Å². The molecule has 0 saturated heterocycles. The predicted octanol–water partition coefficient (Wildman–Crippen LogP) is 5.86. The highest BCUT2D eigenvalue weighted by Crippen LogP contribution is 2.39. The Labute approximate surface area is 222 Å². The number of carbonyl (C=O) groups excluding carboxylic acids is 2. The number of aryl methyl sites for hydroxylation is 1. The van der Waals surface area contributed by atoms with E-state index in [4.69, 9.17) is 0 Å². The summed E-state index contributed by atoms with van der Waals surface area (Å²) in [7, 11) is 0. The third kappa shape index (κ3) is 6.01. The summed E-state index contributed by atoms with van der Waals surface area (Å²) in [5.41, 5.74) is 2.59. The molecule has 2 aromatic rings. The van der Waals surface area contributed by atoms with Crippen molar-refractivity contribution in [3.8, 4) is 0 Å². The molecule has 8 heteroatoms. The van der Waals surface area contributed by atoms with E-state index in [1.54, 1.807) is 30.2 Å². The van der Waals surface area contributed by atoms with E-state index in [1.165, 1.54) is 11.3 Å². The van der Waals surface area contributed by atoms with Crippen molar-refractivity contribution in [2.24, 2.45) is 11.8 Å². The van der Waals surface area contributed by atoms with Gasteiger partial charge in [0.2, 0.25) is 5.91 Å². The zero-order chi connectivity index (χ0) is 26.7. The number of hydrogen-bond acceptors (Lipinski definition) is 5. The normalized spacial score (nSPS) is 21.4. The number of amides is 2. The maximum absolute atomic E-state index is 13.6. The van der Waals surface area contributed by atoms with Crippen LogP contribution in [0.4, 0.5) is 5.69 Å². The Balaban J connectivity index is 1.53. The molecule has 196 valence electrons. The van der Waals surface area contributed by atoms with E-state index in [-0.39, 0.29) is 34.7 Å². The Morgan fingerprint density at radius 1 is 1.19 bits per heavy atom. The number of anilines is 1. The summed E-state index contributed by atoms with van der Waals surface area (Å²) in [6.45, 7) is 7.89. The summed E-state index contributed by atoms with van der Waals surface area (Å²) < 4.78 is 0. The van der Waals surface area contributed by atoms with Crippen LogP contribution < -0.4 is 10.2 Å². The van der Waals surface area contributed by atoms with Gasteiger partial charge in [-0.05, 0) is 82.6 Å². The van der Waals surface area contributed by atoms with Gasteiger partial charge in [-0.3, -0.25) is 14.6 Å². The van der Waals surface area contributed by atoms with Crippen LogP contribution in [0.5, 0.6) is 0 Å². The maximum atomic E-state index is 13.6. The molecule has 1 fully saturated rings. The minimum Gasteiger partial charge on any atom is -0.477 e. The SMILES string of the molecule is Cc1ncccc1C(=O)NC1C=CC(c2cc(N(C(=O)C3CCC(C)CC3)C(C)C)c(C(=O)O)s2)=CC1. The Kier molecular flexibility index (Phi) is 8.27. The third-order valence-corrected chi connectivity index (χ3v) is 8.40. The molecule has 1 saturated carbocycles. The molecule has 2 amide bonds. The fraction of sp³-hybridized carbons (Fsp3) is 0.448. The van der Waals surface area contributed by atoms with E-state index in [0.29, 0.717) is 29.3 Å². The van der Waals surface area contributed by atoms with E-state index in [9.17, 15) is 19.5 Å². The number of carboxylic acids is 1. The second kappa shape index (κ2) is 11.4. The van der Waals surface area contributed by atoms with E-state index in [0.717, 1.165) is 36.1 Å². The molecule has 0 aliphatic heterocycles. The van der Waals surface area contributed by atoms with Crippen molar-refractivity contribution in [2.45, 2.75) is 71.9 Å². The lowest BCUT2D eigenvalue weighted by Gasteiger charge is -2.33. The van der Waals surface area contributed by atoms with Crippen LogP contribution in [0.15, 0.2) is 42.6 Å². The standard InChI is InChI=1S/C29H35N3O4S/c1-17(2)32(28(34)21-9-7-18(3)8-10-21)24-16-25(37-26(24)29(35)36)20-11-13-22(14-12-20)31-27(33)23-6-5-15-30-19(23)4/h5-6,11-13,15-18,21-22H,7-10,14H2,1-4H3,(H,31,33)(H,35,36). The third-order valence-electron chi connectivity index (χ3n) is 7.24. The van der Waals surface area contributed by atoms with Crippen molar-refractivity contribution in [2.75, 3.05) is 4.90 Å². The number of aromatic nitrogens is 1. The molecule has 0 bridgehead atoms. The number of nitrogens with one attached hydrogen (secondary N) is 1. The first kappa shape index (κ1) is 26.8. The van der Waals surface area contributed by atoms with Crippen LogP contribution in [0.3, 0.4) is 0 Å². The van der Waals surface area contributed by atoms with Gasteiger partial charge in [-0.25, -0.2) is 4.79 Å². The molecule has 1 atom stereocenters. The number of thiophene rings is 1. The summed E-state index contributed by atoms with van der Waals surface area (Å²) in [4.78, 5) is 45.3. The first-order chi connectivity index (χ1) is 17.7. The first-order valence-corrected chi connectivity index (χ1v) is 13.8. The average molecular weight is 522 g/mol. The molecule has 2 heterocycles. The lowest BCUT2D eigenvalue weighted by molar-refractivity contribution is -0.123. The fourth-order valence-electron chi connectivity index (χ4n) is 5.09. The van der Waals surface area contributed by atoms with Crippen molar-refractivity contribution in [3.05, 3.63) is 63.6 Å². The summed E-state index contributed by atoms with van der Waals surface area (Å²) >= 11 is 1.19. The highest BCUT2D eigenvalue weighted by atomic mass is 32.1. The number of allylic oxidation sites excluding steroid dienone is 2. The lowest BCUT2D eigenvalue weighted by Crippen LogP contribution is -2.42. The molecule has 2 N–H and O–H groups in total. The van der Waals surface area contributed by atoms with Crippen LogP contribution >= 0.6 is 11.3 Å². The van der Waals surface area contributed by atoms with Crippen LogP contribution in [0.2, 0.25) is 0 Å². The molecule has 7 nitrogen and oxygen atoms in total. The first-order valence-electron chi connectivity index (χ1n) is 13.0. The van der Waals surface area contributed by atoms with Crippen molar-refractivity contribution in [1.29, 1.82) is 0 Å². The minimum absolute atomic E-state index is 0.0235. The van der Waals surface area contributed by atoms with Gasteiger partial charge in [-0.15, -0.1) is 11.3 Å². The number of hydrogen-bond donors (Lipinski definition) is 2. The van der Waals surface area contributed by atoms with Gasteiger partial charge in [-0.2, -0.15) is 0 Å². The zero-order valence-corrected chi connectivity index (χ0v) is 22.7. The molecule has 2 aromatic heterocycles. The zero-order valence-electron chi connectivity index (χ0n) is 21.9. The highest BCUT2D eigenvalue weighted by Gasteiger charge is 2.33. The molecule has 4 rings (SSSR count). The second-order valence-electron chi connectivity index (χ2n) is 10.4. The number of carbonyl (C=O) groups is 3. The topological polar surface area (TPSA) is 99.6 Å². The molecule has 1 unspecified atom stereocenters. The fourth-order valence-corrected chi connectivity index (χ4v) is 6.10. The van der Waals surface area contributed by atoms with Gasteiger partial charge in [0.25, 0.3) is 5.91 Å². The highest BCUT2D eigenvalue weighted by molar-refractivity contribution is 7.15. The second-order valence-corrected chi connectivity index (χ2v) is 11.4. The van der Waals surface area contributed by atoms with E-state index in [1.807, 2.05) is 38.1 Å². The average Bonchev–Trinajstić information content (AvgIpc) is 3.30. The van der Waals surface area contributed by atoms with Crippen LogP contribution in [0, 0.1) is 18.8 Å². The van der Waals surface area contributed by atoms with Crippen LogP contribution in [0.1, 0.15) is 83.5 Å². The van der Waals surface area contributed by atoms with Gasteiger partial charge in [-0.1, -0.05) is 25.2 Å². The minimum atomic E-state index is -1.03. The Morgan fingerprint density at radius 3 is 2.51 bits per heavy atom. The molecule has 0 aromatic carbocycles. The number of pyridine rings is 1. The summed E-state index contributed by atoms with van der Waals surface area (Å²) in [6, 6.07) is 5.01. The van der Waals surface area contributed by atoms with E-state index in [2.05, 4.69) is 17.2 Å². The van der Waals surface area contributed by atoms with Crippen LogP contribution in [-0.4, -0.2) is 40.0 Å². The number of carboxylic acid groups (broad SMARTS) is 1. The van der Waals surface area contributed by atoms with E-state index < -0.39 is 5.97 Å². The van der Waals surface area contributed by atoms with Crippen molar-refractivity contribution in [1.82, 2.24) is 10.3 Å². The van der Waals surface area contributed by atoms with E-state index >= 15 is 0 Å². The van der Waals surface area contributed by atoms with Crippen LogP contribution in [-0.2, 0) is 4.79 Å². The summed E-state index contributed by atoms with van der Waals surface area (Å²) in [5, 5.41) is 13.0. The number of rotatable bonds is 7. The quantitative estimate of drug-likeness (QED) is 0.475. The Hall–Kier alpha value is -3.26. The largest absolute Gasteiger partial charge is 0.477 e. The van der Waals surface area contributed by atoms with Gasteiger partial charge < -0.3 is 15.3 Å². The number of aromatic carboxylic acids is 1. The molecule has 2 aliphatic carbocycles. The number of nitrogens with zero attached hydrogens (tertiary/aromatic N) is 2. The summed E-state index contributed by atoms with van der Waals surface area (Å²) in [5.74, 6) is -0.613. The van der Waals surface area contributed by atoms with Crippen LogP contribution in [0.25, 0.3) is 5.57 Å². The Bertz CT molecular complexity index is 1240. The monoisotopic (exact) mass is 521 g/mol. The summed E-state index contributed by atoms with van der Waals surface area (Å²) in [6.07, 6.45) is 11.8. The van der Waals surface area contributed by atoms with Gasteiger partial charge in [0.05, 0.1) is 17.3 Å². The van der Waals surface area contributed by atoms with Crippen molar-refractivity contribution < 1.29 is 19.5 Å². The van der Waals surface area contributed by atoms with Gasteiger partial charge in [0.15, 0.2) is 0 Å². The molecular weight excluding hydrogens is 486 g/mol. The predicted molar refractivity (Wildman–Crippen MR) is 147 cm³/mol. The smallest absolute Gasteiger partial charge is 0.348 e. The maximum Gasteiger partial charge on any atom is 0.348 e. The van der Waals surface area contributed by atoms with Gasteiger partial charge >= 0.3 is 5.97 Å².